The monoisotopic (exact) mass is 332 g/mol. The van der Waals surface area contributed by atoms with E-state index in [9.17, 15) is 4.79 Å². The lowest BCUT2D eigenvalue weighted by Crippen LogP contribution is -2.39. The summed E-state index contributed by atoms with van der Waals surface area (Å²) >= 11 is 1.55. The number of ether oxygens (including phenoxy) is 1. The highest BCUT2D eigenvalue weighted by Gasteiger charge is 2.25. The summed E-state index contributed by atoms with van der Waals surface area (Å²) in [6.45, 7) is 1.56. The molecule has 1 saturated heterocycles. The number of hydrogen-bond donors (Lipinski definition) is 1. The average Bonchev–Trinajstić information content (AvgIpc) is 3.14. The van der Waals surface area contributed by atoms with E-state index in [4.69, 9.17) is 4.74 Å². The van der Waals surface area contributed by atoms with Crippen molar-refractivity contribution in [3.05, 3.63) is 36.4 Å². The summed E-state index contributed by atoms with van der Waals surface area (Å²) in [5, 5.41) is 6.83. The van der Waals surface area contributed by atoms with Gasteiger partial charge in [-0.05, 0) is 31.0 Å². The average molecular weight is 332 g/mol. The van der Waals surface area contributed by atoms with Crippen molar-refractivity contribution in [1.82, 2.24) is 20.1 Å². The molecule has 2 aromatic rings. The third-order valence-electron chi connectivity index (χ3n) is 4.07. The minimum absolute atomic E-state index is 0.189. The Bertz CT molecular complexity index is 639. The lowest BCUT2D eigenvalue weighted by molar-refractivity contribution is -0.129. The van der Waals surface area contributed by atoms with Gasteiger partial charge >= 0.3 is 0 Å². The van der Waals surface area contributed by atoms with Crippen LogP contribution in [-0.4, -0.2) is 51.9 Å². The molecular formula is C16H20N4O2S. The van der Waals surface area contributed by atoms with Crippen molar-refractivity contribution in [2.75, 3.05) is 26.0 Å². The maximum absolute atomic E-state index is 12.4. The van der Waals surface area contributed by atoms with E-state index in [2.05, 4.69) is 15.2 Å². The molecule has 0 bridgehead atoms. The van der Waals surface area contributed by atoms with Gasteiger partial charge in [-0.15, -0.1) is 11.8 Å². The number of rotatable bonds is 5. The maximum atomic E-state index is 12.4. The summed E-state index contributed by atoms with van der Waals surface area (Å²) in [6, 6.07) is 7.79. The van der Waals surface area contributed by atoms with E-state index in [1.54, 1.807) is 18.9 Å². The zero-order valence-corrected chi connectivity index (χ0v) is 13.9. The quantitative estimate of drug-likeness (QED) is 0.851. The first-order valence-electron chi connectivity index (χ1n) is 7.66. The van der Waals surface area contributed by atoms with E-state index in [1.807, 2.05) is 29.2 Å². The number of likely N-dealkylation sites (tertiary alicyclic amines) is 1. The van der Waals surface area contributed by atoms with E-state index in [0.717, 1.165) is 42.4 Å². The van der Waals surface area contributed by atoms with Crippen molar-refractivity contribution in [3.8, 4) is 5.75 Å². The highest BCUT2D eigenvalue weighted by atomic mass is 32.2. The first-order chi connectivity index (χ1) is 11.3. The van der Waals surface area contributed by atoms with Crippen LogP contribution in [0.25, 0.3) is 0 Å². The van der Waals surface area contributed by atoms with Gasteiger partial charge in [0.1, 0.15) is 17.9 Å². The van der Waals surface area contributed by atoms with Crippen LogP contribution < -0.4 is 4.74 Å². The molecule has 6 nitrogen and oxygen atoms in total. The van der Waals surface area contributed by atoms with Gasteiger partial charge in [0.25, 0.3) is 0 Å². The van der Waals surface area contributed by atoms with Crippen LogP contribution in [0.5, 0.6) is 5.75 Å². The molecule has 0 unspecified atom stereocenters. The molecule has 1 fully saturated rings. The molecule has 1 aromatic carbocycles. The fourth-order valence-corrected chi connectivity index (χ4v) is 3.59. The molecule has 1 aromatic heterocycles. The number of carbonyl (C=O) groups excluding carboxylic acids is 1. The fourth-order valence-electron chi connectivity index (χ4n) is 2.74. The van der Waals surface area contributed by atoms with Crippen molar-refractivity contribution >= 4 is 17.7 Å². The molecule has 0 spiro atoms. The number of hydrogen-bond acceptors (Lipinski definition) is 5. The minimum Gasteiger partial charge on any atom is -0.497 e. The number of nitrogens with one attached hydrogen (secondary N) is 1. The molecule has 2 heterocycles. The van der Waals surface area contributed by atoms with E-state index in [1.165, 1.54) is 6.33 Å². The molecular weight excluding hydrogens is 312 g/mol. The standard InChI is InChI=1S/C16H20N4O2S/c1-22-13-3-2-4-14(9-13)23-10-15(21)20-7-5-12(6-8-20)16-17-11-18-19-16/h2-4,9,11-12H,5-8,10H2,1H3,(H,17,18,19). The van der Waals surface area contributed by atoms with Crippen molar-refractivity contribution < 1.29 is 9.53 Å². The van der Waals surface area contributed by atoms with Gasteiger partial charge in [0, 0.05) is 23.9 Å². The van der Waals surface area contributed by atoms with Crippen molar-refractivity contribution in [2.45, 2.75) is 23.7 Å². The van der Waals surface area contributed by atoms with E-state index >= 15 is 0 Å². The van der Waals surface area contributed by atoms with E-state index in [0.29, 0.717) is 11.7 Å². The van der Waals surface area contributed by atoms with Gasteiger partial charge in [-0.1, -0.05) is 6.07 Å². The van der Waals surface area contributed by atoms with E-state index in [-0.39, 0.29) is 5.91 Å². The zero-order chi connectivity index (χ0) is 16.1. The molecule has 7 heteroatoms. The Hall–Kier alpha value is -2.02. The predicted octanol–water partition coefficient (Wildman–Crippen LogP) is 2.31. The number of carbonyl (C=O) groups is 1. The Labute approximate surface area is 139 Å². The number of H-pyrrole nitrogens is 1. The second-order valence-electron chi connectivity index (χ2n) is 5.49. The second kappa shape index (κ2) is 7.50. The zero-order valence-electron chi connectivity index (χ0n) is 13.1. The van der Waals surface area contributed by atoms with Crippen molar-refractivity contribution in [2.24, 2.45) is 0 Å². The molecule has 1 N–H and O–H groups in total. The topological polar surface area (TPSA) is 71.1 Å². The Balaban J connectivity index is 1.48. The minimum atomic E-state index is 0.189. The first-order valence-corrected chi connectivity index (χ1v) is 8.64. The van der Waals surface area contributed by atoms with Crippen LogP contribution in [-0.2, 0) is 4.79 Å². The van der Waals surface area contributed by atoms with Crippen molar-refractivity contribution in [3.63, 3.8) is 0 Å². The molecule has 122 valence electrons. The number of nitrogens with zero attached hydrogens (tertiary/aromatic N) is 3. The number of aromatic nitrogens is 3. The lowest BCUT2D eigenvalue weighted by Gasteiger charge is -2.31. The van der Waals surface area contributed by atoms with Crippen molar-refractivity contribution in [1.29, 1.82) is 0 Å². The van der Waals surface area contributed by atoms with Crippen LogP contribution in [0, 0.1) is 0 Å². The Morgan fingerprint density at radius 3 is 2.96 bits per heavy atom. The Morgan fingerprint density at radius 1 is 1.43 bits per heavy atom. The smallest absolute Gasteiger partial charge is 0.232 e. The highest BCUT2D eigenvalue weighted by Crippen LogP contribution is 2.27. The van der Waals surface area contributed by atoms with Gasteiger partial charge in [-0.2, -0.15) is 5.10 Å². The summed E-state index contributed by atoms with van der Waals surface area (Å²) in [6.07, 6.45) is 3.41. The van der Waals surface area contributed by atoms with Gasteiger partial charge in [-0.25, -0.2) is 4.98 Å². The highest BCUT2D eigenvalue weighted by molar-refractivity contribution is 8.00. The SMILES string of the molecule is COc1cccc(SCC(=O)N2CCC(c3ncn[nH]3)CC2)c1. The van der Waals surface area contributed by atoms with Crippen LogP contribution >= 0.6 is 11.8 Å². The third-order valence-corrected chi connectivity index (χ3v) is 5.05. The lowest BCUT2D eigenvalue weighted by atomic mass is 9.96. The predicted molar refractivity (Wildman–Crippen MR) is 88.7 cm³/mol. The fraction of sp³-hybridized carbons (Fsp3) is 0.438. The molecule has 3 rings (SSSR count). The van der Waals surface area contributed by atoms with Crippen LogP contribution in [0.3, 0.4) is 0 Å². The van der Waals surface area contributed by atoms with Gasteiger partial charge in [0.15, 0.2) is 0 Å². The normalized spacial score (nSPS) is 15.6. The molecule has 23 heavy (non-hydrogen) atoms. The molecule has 0 aliphatic carbocycles. The van der Waals surface area contributed by atoms with Crippen LogP contribution in [0.4, 0.5) is 0 Å². The van der Waals surface area contributed by atoms with Gasteiger partial charge in [0.2, 0.25) is 5.91 Å². The van der Waals surface area contributed by atoms with Crippen LogP contribution in [0.1, 0.15) is 24.6 Å². The van der Waals surface area contributed by atoms with Gasteiger partial charge in [-0.3, -0.25) is 9.89 Å². The molecule has 0 atom stereocenters. The Morgan fingerprint density at radius 2 is 2.26 bits per heavy atom. The second-order valence-corrected chi connectivity index (χ2v) is 6.54. The summed E-state index contributed by atoms with van der Waals surface area (Å²) in [5.74, 6) is 2.78. The number of aromatic amines is 1. The maximum Gasteiger partial charge on any atom is 0.232 e. The summed E-state index contributed by atoms with van der Waals surface area (Å²) in [7, 11) is 1.65. The molecule has 1 aliphatic rings. The number of benzene rings is 1. The summed E-state index contributed by atoms with van der Waals surface area (Å²) in [5.41, 5.74) is 0. The molecule has 1 amide bonds. The summed E-state index contributed by atoms with van der Waals surface area (Å²) in [4.78, 5) is 19.6. The van der Waals surface area contributed by atoms with Gasteiger partial charge < -0.3 is 9.64 Å². The number of methoxy groups -OCH3 is 1. The van der Waals surface area contributed by atoms with Crippen LogP contribution in [0.2, 0.25) is 0 Å². The first kappa shape index (κ1) is 15.9. The molecule has 1 aliphatic heterocycles. The molecule has 0 saturated carbocycles. The largest absolute Gasteiger partial charge is 0.497 e. The number of piperidine rings is 1. The van der Waals surface area contributed by atoms with Crippen LogP contribution in [0.15, 0.2) is 35.5 Å². The summed E-state index contributed by atoms with van der Waals surface area (Å²) < 4.78 is 5.20. The Kier molecular flexibility index (Phi) is 5.17. The van der Waals surface area contributed by atoms with E-state index < -0.39 is 0 Å². The number of thioether (sulfide) groups is 1. The van der Waals surface area contributed by atoms with Gasteiger partial charge in [0.05, 0.1) is 12.9 Å². The third kappa shape index (κ3) is 4.04. The molecule has 0 radical (unpaired) electrons. The number of amides is 1.